The highest BCUT2D eigenvalue weighted by Gasteiger charge is 2.38. The minimum Gasteiger partial charge on any atom is -0.632 e. The maximum Gasteiger partial charge on any atom is 0.422 e. The van der Waals surface area contributed by atoms with E-state index in [0.29, 0.717) is 28.1 Å². The van der Waals surface area contributed by atoms with Crippen LogP contribution in [0.25, 0.3) is 0 Å². The van der Waals surface area contributed by atoms with Crippen LogP contribution in [0.5, 0.6) is 5.75 Å². The van der Waals surface area contributed by atoms with Gasteiger partial charge in [0, 0.05) is 24.4 Å². The highest BCUT2D eigenvalue weighted by Crippen LogP contribution is 2.35. The van der Waals surface area contributed by atoms with E-state index in [2.05, 4.69) is 16.0 Å². The molecule has 2 heterocycles. The lowest BCUT2D eigenvalue weighted by Gasteiger charge is -2.44. The summed E-state index contributed by atoms with van der Waals surface area (Å²) >= 11 is 0. The van der Waals surface area contributed by atoms with Gasteiger partial charge in [0.1, 0.15) is 24.9 Å². The molecule has 3 rings (SSSR count). The number of alkyl halides is 3. The maximum absolute atomic E-state index is 13.9. The molecule has 0 fully saturated rings. The summed E-state index contributed by atoms with van der Waals surface area (Å²) in [5.74, 6) is -0.425. The zero-order valence-electron chi connectivity index (χ0n) is 19.7. The summed E-state index contributed by atoms with van der Waals surface area (Å²) in [4.78, 5) is 16.9. The van der Waals surface area contributed by atoms with Crippen molar-refractivity contribution in [2.24, 2.45) is 0 Å². The second-order valence-corrected chi connectivity index (χ2v) is 8.30. The molecule has 0 saturated carbocycles. The van der Waals surface area contributed by atoms with Crippen molar-refractivity contribution < 1.29 is 37.8 Å². The van der Waals surface area contributed by atoms with Gasteiger partial charge in [0.05, 0.1) is 11.3 Å². The Kier molecular flexibility index (Phi) is 7.83. The minimum atomic E-state index is -4.48. The fourth-order valence-corrected chi connectivity index (χ4v) is 3.81. The number of carbonyl (C=O) groups is 1. The molecule has 188 valence electrons. The number of nitrogens with zero attached hydrogens (tertiary/aromatic N) is 2. The molecule has 11 heteroatoms. The van der Waals surface area contributed by atoms with Crippen molar-refractivity contribution in [1.82, 2.24) is 10.3 Å². The van der Waals surface area contributed by atoms with Crippen molar-refractivity contribution in [1.29, 1.82) is 0 Å². The van der Waals surface area contributed by atoms with E-state index in [0.717, 1.165) is 0 Å². The van der Waals surface area contributed by atoms with E-state index in [1.165, 1.54) is 6.20 Å². The van der Waals surface area contributed by atoms with Crippen molar-refractivity contribution in [2.45, 2.75) is 39.2 Å². The normalized spacial score (nSPS) is 19.5. The lowest BCUT2D eigenvalue weighted by Crippen LogP contribution is -2.50. The third-order valence-corrected chi connectivity index (χ3v) is 5.83. The molecule has 0 spiro atoms. The van der Waals surface area contributed by atoms with Gasteiger partial charge in [-0.25, -0.2) is 9.78 Å². The molecule has 1 aromatic carbocycles. The Bertz CT molecular complexity index is 1140. The molecular weight excluding hydrogens is 465 g/mol. The van der Waals surface area contributed by atoms with Crippen LogP contribution in [-0.4, -0.2) is 41.5 Å². The minimum absolute atomic E-state index is 0.0207. The van der Waals surface area contributed by atoms with Crippen LogP contribution in [0, 0.1) is 5.21 Å². The summed E-state index contributed by atoms with van der Waals surface area (Å²) in [5.41, 5.74) is 5.67. The summed E-state index contributed by atoms with van der Waals surface area (Å²) in [6.07, 6.45) is -1.46. The number of halogens is 3. The molecule has 2 atom stereocenters. The van der Waals surface area contributed by atoms with Gasteiger partial charge in [-0.05, 0) is 38.1 Å². The third kappa shape index (κ3) is 6.38. The van der Waals surface area contributed by atoms with E-state index in [9.17, 15) is 23.2 Å². The second kappa shape index (κ2) is 10.5. The maximum atomic E-state index is 13.9. The van der Waals surface area contributed by atoms with Gasteiger partial charge in [0.15, 0.2) is 12.3 Å². The molecule has 0 aliphatic carbocycles. The molecule has 4 N–H and O–H groups in total. The number of hydrogen-bond donors (Lipinski definition) is 2. The van der Waals surface area contributed by atoms with Gasteiger partial charge in [-0.1, -0.05) is 18.2 Å². The number of quaternary nitrogens is 2. The number of allylic oxidation sites excluding steroid dienone is 2. The Morgan fingerprint density at radius 2 is 1.97 bits per heavy atom. The van der Waals surface area contributed by atoms with Crippen LogP contribution in [0.15, 0.2) is 65.8 Å². The number of carbonyl (C=O) groups excluding carboxylic acids is 1. The smallest absolute Gasteiger partial charge is 0.422 e. The predicted octanol–water partition coefficient (Wildman–Crippen LogP) is 3.17. The van der Waals surface area contributed by atoms with Gasteiger partial charge < -0.3 is 24.6 Å². The number of hydrogen-bond acceptors (Lipinski definition) is 6. The van der Waals surface area contributed by atoms with Crippen molar-refractivity contribution in [3.63, 3.8) is 0 Å². The molecule has 1 aliphatic rings. The van der Waals surface area contributed by atoms with E-state index in [1.807, 2.05) is 0 Å². The van der Waals surface area contributed by atoms with Crippen molar-refractivity contribution >= 4 is 5.97 Å². The second-order valence-electron chi connectivity index (χ2n) is 8.30. The number of ether oxygens (including phenoxy) is 2. The van der Waals surface area contributed by atoms with Gasteiger partial charge in [0.25, 0.3) is 5.88 Å². The molecule has 0 saturated heterocycles. The average Bonchev–Trinajstić information content (AvgIpc) is 3.17. The summed E-state index contributed by atoms with van der Waals surface area (Å²) in [5, 5.41) is 16.8. The Hall–Kier alpha value is -3.41. The fourth-order valence-electron chi connectivity index (χ4n) is 3.81. The molecule has 0 radical (unpaired) electrons. The van der Waals surface area contributed by atoms with Crippen LogP contribution < -0.4 is 15.8 Å². The van der Waals surface area contributed by atoms with E-state index in [4.69, 9.17) is 9.47 Å². The number of aromatic nitrogens is 1. The standard InChI is InChI=1S/C24H27F3N4O4/c1-15(22(28)34-14-24(25,26)27)11-20(29-3)16(2)31(33)12-17-9-10-30-21(19(17)13-31)23(32)35-18-7-5-4-6-8-18/h4-11,16,29H,12-14,28H2,1-3H3/p+1/b20-11-,22-15+. The molecule has 0 bridgehead atoms. The largest absolute Gasteiger partial charge is 0.632 e. The molecule has 0 amide bonds. The van der Waals surface area contributed by atoms with Gasteiger partial charge in [-0.2, -0.15) is 13.2 Å². The van der Waals surface area contributed by atoms with Gasteiger partial charge in [-0.15, -0.1) is 0 Å². The number of para-hydroxylation sites is 1. The zero-order chi connectivity index (χ0) is 25.8. The number of pyridine rings is 1. The molecule has 35 heavy (non-hydrogen) atoms. The number of rotatable bonds is 8. The first-order valence-corrected chi connectivity index (χ1v) is 10.9. The Labute approximate surface area is 201 Å². The van der Waals surface area contributed by atoms with Crippen molar-refractivity contribution in [3.05, 3.63) is 87.9 Å². The first-order chi connectivity index (χ1) is 16.4. The molecule has 8 nitrogen and oxygen atoms in total. The lowest BCUT2D eigenvalue weighted by molar-refractivity contribution is -0.917. The quantitative estimate of drug-likeness (QED) is 0.146. The number of esters is 1. The lowest BCUT2D eigenvalue weighted by atomic mass is 10.1. The molecule has 1 aliphatic heterocycles. The van der Waals surface area contributed by atoms with Gasteiger partial charge in [-0.3, -0.25) is 5.73 Å². The number of benzene rings is 1. The van der Waals surface area contributed by atoms with Crippen LogP contribution in [0.3, 0.4) is 0 Å². The topological polar surface area (TPSA) is 111 Å². The Morgan fingerprint density at radius 1 is 1.29 bits per heavy atom. The zero-order valence-corrected chi connectivity index (χ0v) is 19.7. The number of hydroxylamine groups is 3. The van der Waals surface area contributed by atoms with Crippen LogP contribution in [0.1, 0.15) is 35.5 Å². The fraction of sp³-hybridized carbons (Fsp3) is 0.333. The monoisotopic (exact) mass is 493 g/mol. The summed E-state index contributed by atoms with van der Waals surface area (Å²) in [7, 11) is 1.62. The Morgan fingerprint density at radius 3 is 2.60 bits per heavy atom. The number of likely N-dealkylation sites (N-methyl/N-ethyl adjacent to an activating group) is 1. The molecule has 2 unspecified atom stereocenters. The first-order valence-electron chi connectivity index (χ1n) is 10.9. The molecular formula is C24H28F3N4O4+. The van der Waals surface area contributed by atoms with Gasteiger partial charge >= 0.3 is 12.1 Å². The SMILES string of the molecule is CN/C(=C\C(C)=C(/[NH3+])OCC(F)(F)F)C(C)[N+]1([O-])Cc2ccnc(C(=O)Oc3ccccc3)c2C1. The van der Waals surface area contributed by atoms with E-state index in [-0.39, 0.29) is 24.7 Å². The van der Waals surface area contributed by atoms with Crippen LogP contribution in [0.4, 0.5) is 13.2 Å². The highest BCUT2D eigenvalue weighted by molar-refractivity contribution is 5.91. The van der Waals surface area contributed by atoms with E-state index in [1.54, 1.807) is 63.4 Å². The van der Waals surface area contributed by atoms with E-state index < -0.39 is 29.4 Å². The van der Waals surface area contributed by atoms with Crippen LogP contribution in [0.2, 0.25) is 0 Å². The summed E-state index contributed by atoms with van der Waals surface area (Å²) in [6.45, 7) is 1.88. The molecule has 2 aromatic rings. The number of nitrogens with one attached hydrogen (secondary N) is 1. The van der Waals surface area contributed by atoms with Crippen LogP contribution >= 0.6 is 0 Å². The van der Waals surface area contributed by atoms with Gasteiger partial charge in [0.2, 0.25) is 0 Å². The summed E-state index contributed by atoms with van der Waals surface area (Å²) < 4.78 is 46.7. The number of fused-ring (bicyclic) bond motifs is 1. The third-order valence-electron chi connectivity index (χ3n) is 5.83. The Balaban J connectivity index is 1.81. The van der Waals surface area contributed by atoms with Crippen molar-refractivity contribution in [3.8, 4) is 5.75 Å². The summed E-state index contributed by atoms with van der Waals surface area (Å²) in [6, 6.07) is 9.62. The first kappa shape index (κ1) is 26.2. The van der Waals surface area contributed by atoms with Crippen LogP contribution in [-0.2, 0) is 17.8 Å². The highest BCUT2D eigenvalue weighted by atomic mass is 19.4. The van der Waals surface area contributed by atoms with E-state index >= 15 is 0 Å². The predicted molar refractivity (Wildman–Crippen MR) is 121 cm³/mol. The van der Waals surface area contributed by atoms with Crippen molar-refractivity contribution in [2.75, 3.05) is 13.7 Å². The molecule has 1 aromatic heterocycles. The average molecular weight is 494 g/mol.